The quantitative estimate of drug-likeness (QED) is 0.455. The van der Waals surface area contributed by atoms with Crippen molar-refractivity contribution in [3.05, 3.63) is 74.6 Å². The van der Waals surface area contributed by atoms with Gasteiger partial charge >= 0.3 is 0 Å². The van der Waals surface area contributed by atoms with Crippen LogP contribution in [-0.2, 0) is 0 Å². The average molecular weight is 411 g/mol. The molecule has 1 aromatic heterocycles. The van der Waals surface area contributed by atoms with E-state index in [0.29, 0.717) is 22.5 Å². The lowest BCUT2D eigenvalue weighted by molar-refractivity contribution is -0.384. The molecule has 1 fully saturated rings. The smallest absolute Gasteiger partial charge is 0.278 e. The predicted octanol–water partition coefficient (Wildman–Crippen LogP) is 4.65. The number of rotatable bonds is 2. The van der Waals surface area contributed by atoms with Crippen LogP contribution in [0.15, 0.2) is 53.3 Å². The minimum atomic E-state index is -0.417. The molecule has 3 heterocycles. The molecular weight excluding hydrogens is 392 g/mol. The molecule has 2 aromatic carbocycles. The minimum Gasteiger partial charge on any atom is -0.364 e. The van der Waals surface area contributed by atoms with Crippen LogP contribution in [0.3, 0.4) is 0 Å². The largest absolute Gasteiger partial charge is 0.364 e. The zero-order valence-corrected chi connectivity index (χ0v) is 16.4. The third-order valence-corrected chi connectivity index (χ3v) is 6.20. The van der Waals surface area contributed by atoms with Gasteiger partial charge in [-0.05, 0) is 31.0 Å². The molecule has 0 saturated carbocycles. The van der Waals surface area contributed by atoms with Gasteiger partial charge in [0.2, 0.25) is 0 Å². The van der Waals surface area contributed by atoms with Crippen LogP contribution >= 0.6 is 11.8 Å². The summed E-state index contributed by atoms with van der Waals surface area (Å²) in [5.41, 5.74) is 3.19. The zero-order chi connectivity index (χ0) is 20.1. The number of halogens is 1. The molecule has 1 unspecified atom stereocenters. The molecule has 1 atom stereocenters. The number of aromatic nitrogens is 2. The van der Waals surface area contributed by atoms with Gasteiger partial charge in [-0.15, -0.1) is 0 Å². The number of benzene rings is 2. The van der Waals surface area contributed by atoms with E-state index >= 15 is 0 Å². The zero-order valence-electron chi connectivity index (χ0n) is 15.6. The van der Waals surface area contributed by atoms with Crippen LogP contribution in [0, 0.1) is 10.1 Å². The summed E-state index contributed by atoms with van der Waals surface area (Å²) in [5, 5.41) is 11.4. The Balaban J connectivity index is 1.84. The third-order valence-electron chi connectivity index (χ3n) is 5.88. The summed E-state index contributed by atoms with van der Waals surface area (Å²) in [5.74, 6) is 0. The molecule has 148 valence electrons. The molecule has 2 aliphatic rings. The van der Waals surface area contributed by atoms with Gasteiger partial charge in [0, 0.05) is 41.7 Å². The monoisotopic (exact) mass is 410 g/mol. The Hall–Kier alpha value is -3.06. The summed E-state index contributed by atoms with van der Waals surface area (Å²) >= 11 is 6.70. The molecule has 0 N–H and O–H groups in total. The van der Waals surface area contributed by atoms with E-state index in [1.54, 1.807) is 6.07 Å². The molecule has 8 heteroatoms. The van der Waals surface area contributed by atoms with Gasteiger partial charge in [0.25, 0.3) is 11.2 Å². The number of hydrogen-bond donors (Lipinski definition) is 0. The first kappa shape index (κ1) is 18.0. The minimum absolute atomic E-state index is 0.0143. The number of nitro benzene ring substituents is 1. The maximum atomic E-state index is 13.5. The molecule has 2 aliphatic heterocycles. The summed E-state index contributed by atoms with van der Waals surface area (Å²) in [6.07, 6.45) is 4.01. The van der Waals surface area contributed by atoms with Crippen LogP contribution in [0.4, 0.5) is 11.4 Å². The maximum Gasteiger partial charge on any atom is 0.278 e. The second-order valence-electron chi connectivity index (χ2n) is 7.49. The summed E-state index contributed by atoms with van der Waals surface area (Å²) in [6.45, 7) is 0.813. The first-order valence-corrected chi connectivity index (χ1v) is 10.1. The van der Waals surface area contributed by atoms with Gasteiger partial charge in [0.15, 0.2) is 0 Å². The highest BCUT2D eigenvalue weighted by molar-refractivity contribution is 6.17. The number of nitrogens with zero attached hydrogens (tertiary/aromatic N) is 4. The van der Waals surface area contributed by atoms with Crippen molar-refractivity contribution in [2.75, 3.05) is 11.4 Å². The number of hydrogen-bond acceptors (Lipinski definition) is 4. The summed E-state index contributed by atoms with van der Waals surface area (Å²) in [7, 11) is 0. The molecule has 0 radical (unpaired) electrons. The van der Waals surface area contributed by atoms with Gasteiger partial charge in [-0.1, -0.05) is 31.0 Å². The second kappa shape index (κ2) is 6.77. The Kier molecular flexibility index (Phi) is 4.20. The van der Waals surface area contributed by atoms with E-state index in [1.165, 1.54) is 21.0 Å². The van der Waals surface area contributed by atoms with Gasteiger partial charge in [-0.25, -0.2) is 4.68 Å². The van der Waals surface area contributed by atoms with Crippen molar-refractivity contribution < 1.29 is 4.92 Å². The molecule has 0 spiro atoms. The second-order valence-corrected chi connectivity index (χ2v) is 7.81. The summed E-state index contributed by atoms with van der Waals surface area (Å²) in [4.78, 5) is 26.7. The van der Waals surface area contributed by atoms with E-state index in [4.69, 9.17) is 11.8 Å². The average Bonchev–Trinajstić information content (AvgIpc) is 2.88. The van der Waals surface area contributed by atoms with Gasteiger partial charge in [0.05, 0.1) is 27.9 Å². The lowest BCUT2D eigenvalue weighted by Crippen LogP contribution is -2.34. The summed E-state index contributed by atoms with van der Waals surface area (Å²) < 4.78 is 2.78. The van der Waals surface area contributed by atoms with E-state index in [1.807, 2.05) is 30.3 Å². The van der Waals surface area contributed by atoms with Crippen LogP contribution in [0.1, 0.15) is 37.3 Å². The standard InChI is InChI=1S/C21H19ClN4O3/c22-25-20-16-13-15(26(28)29)10-11-17(16)23-12-6-2-5-9-18(23)19(20)21(27)24(25)14-7-3-1-4-8-14/h1,3-4,7-8,10-11,13,18H,2,5-6,9,12H2. The van der Waals surface area contributed by atoms with Gasteiger partial charge in [0.1, 0.15) is 0 Å². The third kappa shape index (κ3) is 2.68. The van der Waals surface area contributed by atoms with E-state index in [0.717, 1.165) is 37.9 Å². The molecule has 1 saturated heterocycles. The topological polar surface area (TPSA) is 73.3 Å². The highest BCUT2D eigenvalue weighted by atomic mass is 35.5. The summed E-state index contributed by atoms with van der Waals surface area (Å²) in [6, 6.07) is 14.0. The van der Waals surface area contributed by atoms with Crippen LogP contribution in [0.25, 0.3) is 16.9 Å². The fraction of sp³-hybridized carbons (Fsp3) is 0.286. The fourth-order valence-corrected chi connectivity index (χ4v) is 4.94. The SMILES string of the molecule is O=c1c2c(n(Cl)n1-c1ccccc1)-c1cc([N+](=O)[O-])ccc1N1CCCCCC21. The van der Waals surface area contributed by atoms with Crippen LogP contribution in [0.5, 0.6) is 0 Å². The number of para-hydroxylation sites is 1. The number of fused-ring (bicyclic) bond motifs is 6. The predicted molar refractivity (Wildman–Crippen MR) is 112 cm³/mol. The maximum absolute atomic E-state index is 13.5. The van der Waals surface area contributed by atoms with Crippen molar-refractivity contribution >= 4 is 23.2 Å². The van der Waals surface area contributed by atoms with E-state index in [-0.39, 0.29) is 17.3 Å². The van der Waals surface area contributed by atoms with Gasteiger partial charge in [-0.2, -0.15) is 4.20 Å². The van der Waals surface area contributed by atoms with Crippen molar-refractivity contribution in [2.45, 2.75) is 31.7 Å². The molecule has 0 aliphatic carbocycles. The Morgan fingerprint density at radius 2 is 1.86 bits per heavy atom. The Morgan fingerprint density at radius 1 is 1.07 bits per heavy atom. The molecule has 7 nitrogen and oxygen atoms in total. The molecule has 29 heavy (non-hydrogen) atoms. The molecule has 5 rings (SSSR count). The van der Waals surface area contributed by atoms with Gasteiger partial charge in [-0.3, -0.25) is 14.9 Å². The number of non-ortho nitro benzene ring substituents is 1. The fourth-order valence-electron chi connectivity index (χ4n) is 4.60. The lowest BCUT2D eigenvalue weighted by Gasteiger charge is -2.37. The van der Waals surface area contributed by atoms with Crippen molar-refractivity contribution in [1.29, 1.82) is 0 Å². The van der Waals surface area contributed by atoms with E-state index in [9.17, 15) is 14.9 Å². The van der Waals surface area contributed by atoms with Gasteiger partial charge < -0.3 is 4.90 Å². The first-order valence-electron chi connectivity index (χ1n) is 9.73. The molecule has 0 amide bonds. The van der Waals surface area contributed by atoms with Crippen LogP contribution < -0.4 is 10.5 Å². The molecule has 3 aromatic rings. The van der Waals surface area contributed by atoms with Crippen molar-refractivity contribution in [1.82, 2.24) is 8.88 Å². The number of anilines is 1. The highest BCUT2D eigenvalue weighted by Gasteiger charge is 2.39. The lowest BCUT2D eigenvalue weighted by atomic mass is 9.91. The van der Waals surface area contributed by atoms with Crippen LogP contribution in [-0.4, -0.2) is 20.4 Å². The molecule has 0 bridgehead atoms. The molecular formula is C21H19ClN4O3. The van der Waals surface area contributed by atoms with Crippen LogP contribution in [0.2, 0.25) is 0 Å². The van der Waals surface area contributed by atoms with Crippen molar-refractivity contribution in [3.8, 4) is 16.9 Å². The van der Waals surface area contributed by atoms with Crippen molar-refractivity contribution in [3.63, 3.8) is 0 Å². The Bertz CT molecular complexity index is 1170. The number of nitro groups is 1. The Labute approximate surface area is 172 Å². The normalized spacial score (nSPS) is 17.8. The van der Waals surface area contributed by atoms with E-state index in [2.05, 4.69) is 4.90 Å². The van der Waals surface area contributed by atoms with E-state index < -0.39 is 4.92 Å². The highest BCUT2D eigenvalue weighted by Crippen LogP contribution is 2.48. The Morgan fingerprint density at radius 3 is 2.62 bits per heavy atom. The first-order chi connectivity index (χ1) is 14.1. The van der Waals surface area contributed by atoms with Crippen molar-refractivity contribution in [2.24, 2.45) is 0 Å².